The second kappa shape index (κ2) is 11.9. The largest absolute Gasteiger partial charge is 0.492 e. The van der Waals surface area contributed by atoms with Gasteiger partial charge in [-0.15, -0.1) is 5.10 Å². The van der Waals surface area contributed by atoms with Crippen LogP contribution in [0.4, 0.5) is 5.69 Å². The first-order valence-corrected chi connectivity index (χ1v) is 13.7. The summed E-state index contributed by atoms with van der Waals surface area (Å²) in [5.41, 5.74) is 4.19. The number of sulfone groups is 1. The first-order chi connectivity index (χ1) is 17.3. The number of hydrogen-bond donors (Lipinski definition) is 1. The minimum Gasteiger partial charge on any atom is -0.492 e. The third-order valence-corrected chi connectivity index (χ3v) is 8.38. The molecule has 1 N–H and O–H groups in total. The second-order valence-corrected chi connectivity index (χ2v) is 11.2. The van der Waals surface area contributed by atoms with Crippen LogP contribution in [-0.2, 0) is 38.5 Å². The van der Waals surface area contributed by atoms with Gasteiger partial charge in [0.15, 0.2) is 9.84 Å². The van der Waals surface area contributed by atoms with Gasteiger partial charge in [-0.05, 0) is 67.8 Å². The molecule has 1 atom stereocenters. The summed E-state index contributed by atoms with van der Waals surface area (Å²) < 4.78 is 25.4. The maximum atomic E-state index is 12.7. The number of rotatable bonds is 8. The molecule has 1 unspecified atom stereocenters. The summed E-state index contributed by atoms with van der Waals surface area (Å²) in [6.07, 6.45) is 4.17. The summed E-state index contributed by atoms with van der Waals surface area (Å²) in [4.78, 5) is 2.53. The van der Waals surface area contributed by atoms with Crippen LogP contribution in [0.15, 0.2) is 106 Å². The second-order valence-electron chi connectivity index (χ2n) is 8.93. The van der Waals surface area contributed by atoms with E-state index in [0.29, 0.717) is 23.4 Å². The van der Waals surface area contributed by atoms with Gasteiger partial charge in [0.05, 0.1) is 16.9 Å². The molecular weight excluding hydrogens is 529 g/mol. The summed E-state index contributed by atoms with van der Waals surface area (Å²) >= 11 is 0. The van der Waals surface area contributed by atoms with E-state index in [1.807, 2.05) is 54.6 Å². The van der Waals surface area contributed by atoms with E-state index in [-0.39, 0.29) is 28.4 Å². The molecule has 1 radical (unpaired) electrons. The molecule has 1 aliphatic rings. The molecule has 0 fully saturated rings. The van der Waals surface area contributed by atoms with E-state index in [1.54, 1.807) is 31.3 Å². The molecule has 4 rings (SSSR count). The van der Waals surface area contributed by atoms with E-state index in [1.165, 1.54) is 0 Å². The van der Waals surface area contributed by atoms with Crippen molar-refractivity contribution in [2.75, 3.05) is 17.2 Å². The monoisotopic (exact) mass is 560 g/mol. The number of aliphatic hydroxyl groups excluding tert-OH is 1. The van der Waals surface area contributed by atoms with Gasteiger partial charge in [0.25, 0.3) is 0 Å². The zero-order valence-corrected chi connectivity index (χ0v) is 23.0. The Morgan fingerprint density at radius 2 is 1.65 bits per heavy atom. The molecule has 0 saturated carbocycles. The van der Waals surface area contributed by atoms with E-state index in [2.05, 4.69) is 41.1 Å². The zero-order valence-electron chi connectivity index (χ0n) is 21.1. The van der Waals surface area contributed by atoms with Crippen molar-refractivity contribution in [1.82, 2.24) is 0 Å². The predicted octanol–water partition coefficient (Wildman–Crippen LogP) is 5.69. The Morgan fingerprint density at radius 3 is 2.27 bits per heavy atom. The Kier molecular flexibility index (Phi) is 9.12. The van der Waals surface area contributed by atoms with Crippen LogP contribution in [-0.4, -0.2) is 37.9 Å². The van der Waals surface area contributed by atoms with Crippen molar-refractivity contribution >= 4 is 27.6 Å². The van der Waals surface area contributed by atoms with E-state index < -0.39 is 15.3 Å². The maximum absolute atomic E-state index is 12.7. The van der Waals surface area contributed by atoms with Gasteiger partial charge in [-0.25, -0.2) is 8.42 Å². The first kappa shape index (κ1) is 28.4. The van der Waals surface area contributed by atoms with E-state index in [4.69, 9.17) is 0 Å². The Morgan fingerprint density at radius 1 is 1.00 bits per heavy atom. The van der Waals surface area contributed by atoms with Gasteiger partial charge in [0.1, 0.15) is 0 Å². The third kappa shape index (κ3) is 5.87. The first-order valence-electron chi connectivity index (χ1n) is 12.0. The van der Waals surface area contributed by atoms with Gasteiger partial charge in [-0.3, -0.25) is 0 Å². The number of anilines is 1. The number of hydrogen-bond acceptors (Lipinski definition) is 5. The molecule has 0 saturated heterocycles. The number of nitrogens with zero attached hydrogens (tertiary/aromatic N) is 3. The van der Waals surface area contributed by atoms with Crippen molar-refractivity contribution in [3.63, 3.8) is 0 Å². The van der Waals surface area contributed by atoms with Crippen LogP contribution in [0.5, 0.6) is 0 Å². The van der Waals surface area contributed by atoms with Crippen LogP contribution in [0.2, 0.25) is 0 Å². The molecule has 0 spiro atoms. The molecule has 1 heterocycles. The molecule has 0 aliphatic carbocycles. The summed E-state index contributed by atoms with van der Waals surface area (Å²) in [6.45, 7) is 6.58. The van der Waals surface area contributed by atoms with Crippen molar-refractivity contribution in [1.29, 1.82) is 0 Å². The third-order valence-electron chi connectivity index (χ3n) is 6.65. The van der Waals surface area contributed by atoms with Crippen LogP contribution in [0.1, 0.15) is 37.5 Å². The van der Waals surface area contributed by atoms with E-state index in [9.17, 15) is 13.5 Å². The predicted molar refractivity (Wildman–Crippen MR) is 147 cm³/mol. The summed E-state index contributed by atoms with van der Waals surface area (Å²) in [5.74, 6) is -0.106. The van der Waals surface area contributed by atoms with Gasteiger partial charge in [-0.2, -0.15) is 5.10 Å². The van der Waals surface area contributed by atoms with Crippen molar-refractivity contribution in [2.24, 2.45) is 10.2 Å². The molecule has 195 valence electrons. The van der Waals surface area contributed by atoms with Crippen LogP contribution >= 0.6 is 0 Å². The van der Waals surface area contributed by atoms with Crippen molar-refractivity contribution < 1.29 is 30.3 Å². The quantitative estimate of drug-likeness (QED) is 0.218. The van der Waals surface area contributed by atoms with Crippen molar-refractivity contribution in [3.8, 4) is 0 Å². The van der Waals surface area contributed by atoms with Crippen molar-refractivity contribution in [2.45, 2.75) is 37.5 Å². The zero-order chi connectivity index (χ0) is 25.8. The number of allylic oxidation sites excluding steroid dienone is 2. The molecule has 0 bridgehead atoms. The number of benzene rings is 3. The average molecular weight is 561 g/mol. The van der Waals surface area contributed by atoms with Crippen LogP contribution in [0.25, 0.3) is 0 Å². The van der Waals surface area contributed by atoms with Gasteiger partial charge in [0, 0.05) is 45.7 Å². The van der Waals surface area contributed by atoms with Gasteiger partial charge in [-0.1, -0.05) is 55.5 Å². The Balaban J connectivity index is 0.00000380. The maximum Gasteiger partial charge on any atom is 0.238 e. The normalized spacial score (nSPS) is 18.7. The fourth-order valence-electron chi connectivity index (χ4n) is 4.76. The van der Waals surface area contributed by atoms with E-state index >= 15 is 0 Å². The van der Waals surface area contributed by atoms with Crippen LogP contribution < -0.4 is 4.90 Å². The topological polar surface area (TPSA) is 82.3 Å². The molecule has 3 aromatic rings. The summed E-state index contributed by atoms with van der Waals surface area (Å²) in [6, 6.07) is 24.6. The molecule has 8 heteroatoms. The Labute approximate surface area is 229 Å². The standard InChI is InChI=1S/C29H31N3O3S.Co/c1-4-32-26-17-16-24(36(34,35)5-2)20-25(26)29(3,21-22-12-8-6-9-13-22)27(32)18-19-30-31-28(33)23-14-10-7-11-15-23;/h6-20H,4-5,21H2,1-3H3,(H,31,33);/b27-18-,30-19+;. The molecule has 3 aromatic carbocycles. The summed E-state index contributed by atoms with van der Waals surface area (Å²) in [5, 5.41) is 18.3. The summed E-state index contributed by atoms with van der Waals surface area (Å²) in [7, 11) is -3.35. The minimum atomic E-state index is -3.35. The van der Waals surface area contributed by atoms with E-state index in [0.717, 1.165) is 22.5 Å². The Bertz CT molecular complexity index is 1420. The number of likely N-dealkylation sites (N-methyl/N-ethyl adjacent to an activating group) is 1. The molecule has 0 amide bonds. The number of fused-ring (bicyclic) bond motifs is 1. The molecule has 1 aliphatic heterocycles. The molecule has 37 heavy (non-hydrogen) atoms. The van der Waals surface area contributed by atoms with Gasteiger partial charge in [0.2, 0.25) is 5.90 Å². The average Bonchev–Trinajstić information content (AvgIpc) is 3.13. The SMILES string of the molecule is CCN1\C(=C/C=N/N=C(\O)c2ccccc2)C(C)(Cc2ccccc2)c2cc(S(=O)(=O)CC)ccc21.[Co]. The Hall–Kier alpha value is -3.20. The van der Waals surface area contributed by atoms with Crippen molar-refractivity contribution in [3.05, 3.63) is 107 Å². The number of aliphatic hydroxyl groups is 1. The molecule has 0 aromatic heterocycles. The fourth-order valence-corrected chi connectivity index (χ4v) is 5.67. The smallest absolute Gasteiger partial charge is 0.238 e. The fraction of sp³-hybridized carbons (Fsp3) is 0.241. The van der Waals surface area contributed by atoms with Crippen LogP contribution in [0.3, 0.4) is 0 Å². The minimum absolute atomic E-state index is 0. The molecular formula is C29H31CoN3O3S. The van der Waals surface area contributed by atoms with Gasteiger partial charge >= 0.3 is 0 Å². The molecule has 6 nitrogen and oxygen atoms in total. The van der Waals surface area contributed by atoms with Crippen LogP contribution in [0, 0.1) is 0 Å². The van der Waals surface area contributed by atoms with Gasteiger partial charge < -0.3 is 10.0 Å².